The van der Waals surface area contributed by atoms with E-state index < -0.39 is 0 Å². The van der Waals surface area contributed by atoms with Crippen molar-refractivity contribution in [3.8, 4) is 11.5 Å². The van der Waals surface area contributed by atoms with Gasteiger partial charge in [0.15, 0.2) is 0 Å². The van der Waals surface area contributed by atoms with Gasteiger partial charge in [-0.05, 0) is 27.1 Å². The van der Waals surface area contributed by atoms with E-state index in [9.17, 15) is 10.2 Å². The number of benzene rings is 1. The predicted molar refractivity (Wildman–Crippen MR) is 98.4 cm³/mol. The summed E-state index contributed by atoms with van der Waals surface area (Å²) in [5.41, 5.74) is 2.61. The molecule has 0 aliphatic carbocycles. The minimum atomic E-state index is -0.203. The fraction of sp³-hybridized carbons (Fsp3) is 0.368. The second-order valence-corrected chi connectivity index (χ2v) is 6.00. The number of aryl methyl sites for hydroxylation is 1. The molecule has 6 heteroatoms. The number of aromatic nitrogens is 1. The molecular formula is C19H25N3O3. The molecular weight excluding hydrogens is 318 g/mol. The van der Waals surface area contributed by atoms with Crippen molar-refractivity contribution in [3.05, 3.63) is 52.8 Å². The van der Waals surface area contributed by atoms with Crippen LogP contribution in [0.25, 0.3) is 0 Å². The SMILES string of the molecule is COc1ccccc1[C@@H](CN=Cc1c(CO)cnc(C)c1O)N(C)C. The second-order valence-electron chi connectivity index (χ2n) is 6.00. The van der Waals surface area contributed by atoms with Crippen LogP contribution in [0.3, 0.4) is 0 Å². The third-order valence-electron chi connectivity index (χ3n) is 4.15. The first kappa shape index (κ1) is 18.9. The number of rotatable bonds is 7. The average Bonchev–Trinajstić information content (AvgIpc) is 2.62. The molecule has 2 aromatic rings. The predicted octanol–water partition coefficient (Wildman–Crippen LogP) is 2.32. The van der Waals surface area contributed by atoms with Gasteiger partial charge in [0.25, 0.3) is 0 Å². The van der Waals surface area contributed by atoms with Gasteiger partial charge in [-0.1, -0.05) is 18.2 Å². The number of pyridine rings is 1. The Morgan fingerprint density at radius 3 is 2.68 bits per heavy atom. The standard InChI is InChI=1S/C19H25N3O3/c1-13-19(24)16(14(12-23)9-21-13)10-20-11-17(22(2)3)15-7-5-6-8-18(15)25-4/h5-10,17,23-24H,11-12H2,1-4H3/t17-/m1/s1. The van der Waals surface area contributed by atoms with Gasteiger partial charge >= 0.3 is 0 Å². The van der Waals surface area contributed by atoms with Gasteiger partial charge in [-0.15, -0.1) is 0 Å². The van der Waals surface area contributed by atoms with E-state index in [0.717, 1.165) is 11.3 Å². The first-order valence-corrected chi connectivity index (χ1v) is 8.07. The van der Waals surface area contributed by atoms with Crippen LogP contribution in [-0.4, -0.2) is 54.1 Å². The molecule has 0 fully saturated rings. The van der Waals surface area contributed by atoms with Crippen LogP contribution in [-0.2, 0) is 6.61 Å². The molecule has 1 atom stereocenters. The van der Waals surface area contributed by atoms with Crippen molar-refractivity contribution in [1.82, 2.24) is 9.88 Å². The molecule has 0 radical (unpaired) electrons. The summed E-state index contributed by atoms with van der Waals surface area (Å²) in [6, 6.07) is 7.88. The van der Waals surface area contributed by atoms with Gasteiger partial charge in [0, 0.05) is 29.1 Å². The van der Waals surface area contributed by atoms with Gasteiger partial charge in [0.2, 0.25) is 0 Å². The summed E-state index contributed by atoms with van der Waals surface area (Å²) in [4.78, 5) is 10.6. The van der Waals surface area contributed by atoms with E-state index >= 15 is 0 Å². The maximum Gasteiger partial charge on any atom is 0.145 e. The summed E-state index contributed by atoms with van der Waals surface area (Å²) in [7, 11) is 5.62. The number of aromatic hydroxyl groups is 1. The molecule has 1 aromatic carbocycles. The summed E-state index contributed by atoms with van der Waals surface area (Å²) < 4.78 is 5.45. The summed E-state index contributed by atoms with van der Waals surface area (Å²) in [5.74, 6) is 0.865. The first-order valence-electron chi connectivity index (χ1n) is 8.07. The van der Waals surface area contributed by atoms with Crippen molar-refractivity contribution in [3.63, 3.8) is 0 Å². The van der Waals surface area contributed by atoms with E-state index in [0.29, 0.717) is 23.4 Å². The second kappa shape index (κ2) is 8.60. The van der Waals surface area contributed by atoms with E-state index in [1.165, 1.54) is 0 Å². The summed E-state index contributed by atoms with van der Waals surface area (Å²) in [6.07, 6.45) is 3.15. The summed E-state index contributed by atoms with van der Waals surface area (Å²) in [6.45, 7) is 2.00. The summed E-state index contributed by atoms with van der Waals surface area (Å²) in [5, 5.41) is 19.6. The topological polar surface area (TPSA) is 78.2 Å². The molecule has 0 aliphatic heterocycles. The van der Waals surface area contributed by atoms with Crippen LogP contribution in [0.2, 0.25) is 0 Å². The van der Waals surface area contributed by atoms with Crippen molar-refractivity contribution in [2.75, 3.05) is 27.7 Å². The number of nitrogens with zero attached hydrogens (tertiary/aromatic N) is 3. The zero-order valence-electron chi connectivity index (χ0n) is 15.1. The van der Waals surface area contributed by atoms with Crippen LogP contribution in [0.5, 0.6) is 11.5 Å². The number of para-hydroxylation sites is 1. The van der Waals surface area contributed by atoms with Crippen molar-refractivity contribution >= 4 is 6.21 Å². The monoisotopic (exact) mass is 343 g/mol. The lowest BCUT2D eigenvalue weighted by Gasteiger charge is -2.24. The molecule has 2 N–H and O–H groups in total. The molecule has 6 nitrogen and oxygen atoms in total. The Morgan fingerprint density at radius 2 is 2.04 bits per heavy atom. The van der Waals surface area contributed by atoms with Crippen molar-refractivity contribution in [2.45, 2.75) is 19.6 Å². The molecule has 134 valence electrons. The Balaban J connectivity index is 2.28. The first-order chi connectivity index (χ1) is 12.0. The van der Waals surface area contributed by atoms with Gasteiger partial charge in [0.1, 0.15) is 11.5 Å². The summed E-state index contributed by atoms with van der Waals surface area (Å²) >= 11 is 0. The van der Waals surface area contributed by atoms with E-state index in [2.05, 4.69) is 14.9 Å². The molecule has 2 rings (SSSR count). The molecule has 0 bridgehead atoms. The third kappa shape index (κ3) is 4.35. The van der Waals surface area contributed by atoms with Gasteiger partial charge < -0.3 is 19.8 Å². The fourth-order valence-electron chi connectivity index (χ4n) is 2.65. The number of aliphatic hydroxyl groups excluding tert-OH is 1. The van der Waals surface area contributed by atoms with Crippen molar-refractivity contribution in [1.29, 1.82) is 0 Å². The van der Waals surface area contributed by atoms with Crippen molar-refractivity contribution < 1.29 is 14.9 Å². The number of aliphatic imine (C=N–C) groups is 1. The lowest BCUT2D eigenvalue weighted by molar-refractivity contribution is 0.280. The minimum Gasteiger partial charge on any atom is -0.505 e. The number of hydrogen-bond donors (Lipinski definition) is 2. The van der Waals surface area contributed by atoms with Gasteiger partial charge in [-0.2, -0.15) is 0 Å². The number of hydrogen-bond acceptors (Lipinski definition) is 6. The van der Waals surface area contributed by atoms with E-state index in [1.54, 1.807) is 26.4 Å². The molecule has 0 unspecified atom stereocenters. The van der Waals surface area contributed by atoms with Crippen LogP contribution < -0.4 is 4.74 Å². The van der Waals surface area contributed by atoms with Gasteiger partial charge in [-0.25, -0.2) is 0 Å². The van der Waals surface area contributed by atoms with Crippen LogP contribution in [0, 0.1) is 6.92 Å². The Morgan fingerprint density at radius 1 is 1.32 bits per heavy atom. The minimum absolute atomic E-state index is 0.0232. The van der Waals surface area contributed by atoms with Crippen LogP contribution in [0.15, 0.2) is 35.5 Å². The average molecular weight is 343 g/mol. The molecule has 1 heterocycles. The highest BCUT2D eigenvalue weighted by atomic mass is 16.5. The van der Waals surface area contributed by atoms with Gasteiger partial charge in [0.05, 0.1) is 32.0 Å². The number of likely N-dealkylation sites (N-methyl/N-ethyl adjacent to an activating group) is 1. The largest absolute Gasteiger partial charge is 0.505 e. The normalized spacial score (nSPS) is 12.7. The smallest absolute Gasteiger partial charge is 0.145 e. The molecule has 0 amide bonds. The molecule has 0 spiro atoms. The lowest BCUT2D eigenvalue weighted by Crippen LogP contribution is -2.23. The molecule has 0 aliphatic rings. The zero-order chi connectivity index (χ0) is 18.4. The quantitative estimate of drug-likeness (QED) is 0.755. The van der Waals surface area contributed by atoms with E-state index in [-0.39, 0.29) is 18.4 Å². The Kier molecular flexibility index (Phi) is 6.50. The Hall–Kier alpha value is -2.44. The third-order valence-corrected chi connectivity index (χ3v) is 4.15. The van der Waals surface area contributed by atoms with E-state index in [4.69, 9.17) is 4.74 Å². The molecule has 0 saturated heterocycles. The Labute approximate surface area is 148 Å². The highest BCUT2D eigenvalue weighted by Crippen LogP contribution is 2.28. The lowest BCUT2D eigenvalue weighted by atomic mass is 10.0. The molecule has 1 aromatic heterocycles. The highest BCUT2D eigenvalue weighted by molar-refractivity contribution is 5.85. The molecule has 25 heavy (non-hydrogen) atoms. The van der Waals surface area contributed by atoms with Crippen LogP contribution in [0.4, 0.5) is 0 Å². The molecule has 0 saturated carbocycles. The van der Waals surface area contributed by atoms with Crippen molar-refractivity contribution in [2.24, 2.45) is 4.99 Å². The number of aliphatic hydroxyl groups is 1. The maximum absolute atomic E-state index is 10.2. The van der Waals surface area contributed by atoms with Crippen LogP contribution >= 0.6 is 0 Å². The van der Waals surface area contributed by atoms with Gasteiger partial charge in [-0.3, -0.25) is 9.98 Å². The van der Waals surface area contributed by atoms with E-state index in [1.807, 2.05) is 38.4 Å². The highest BCUT2D eigenvalue weighted by Gasteiger charge is 2.17. The number of ether oxygens (including phenoxy) is 1. The van der Waals surface area contributed by atoms with Crippen LogP contribution in [0.1, 0.15) is 28.4 Å². The fourth-order valence-corrected chi connectivity index (χ4v) is 2.65. The zero-order valence-corrected chi connectivity index (χ0v) is 15.1. The number of methoxy groups -OCH3 is 1. The maximum atomic E-state index is 10.2. The Bertz CT molecular complexity index is 745.